The molecule has 24 heavy (non-hydrogen) atoms. The molecule has 5 heteroatoms. The predicted molar refractivity (Wildman–Crippen MR) is 96.5 cm³/mol. The fourth-order valence-corrected chi connectivity index (χ4v) is 4.29. The summed E-state index contributed by atoms with van der Waals surface area (Å²) in [6.45, 7) is 3.06. The lowest BCUT2D eigenvalue weighted by Crippen LogP contribution is -2.48. The van der Waals surface area contributed by atoms with Crippen molar-refractivity contribution < 1.29 is 0 Å². The zero-order chi connectivity index (χ0) is 16.5. The zero-order valence-electron chi connectivity index (χ0n) is 13.4. The van der Waals surface area contributed by atoms with Gasteiger partial charge in [-0.3, -0.25) is 0 Å². The van der Waals surface area contributed by atoms with E-state index in [9.17, 15) is 0 Å². The van der Waals surface area contributed by atoms with Crippen molar-refractivity contribution in [2.45, 2.75) is 18.9 Å². The number of anilines is 2. The molecule has 0 amide bonds. The number of hydrogen-bond donors (Lipinski definition) is 0. The lowest BCUT2D eigenvalue weighted by atomic mass is 9.92. The molecule has 0 bridgehead atoms. The SMILES string of the molecule is N#Cc1ccc(N2CCC3CCN(c4ccccn4)CC32)c(Cl)c1. The van der Waals surface area contributed by atoms with Gasteiger partial charge in [-0.15, -0.1) is 0 Å². The molecule has 2 unspecified atom stereocenters. The lowest BCUT2D eigenvalue weighted by molar-refractivity contribution is 0.389. The van der Waals surface area contributed by atoms with Crippen molar-refractivity contribution in [2.24, 2.45) is 5.92 Å². The van der Waals surface area contributed by atoms with E-state index < -0.39 is 0 Å². The number of halogens is 1. The van der Waals surface area contributed by atoms with Gasteiger partial charge >= 0.3 is 0 Å². The first-order valence-corrected chi connectivity index (χ1v) is 8.76. The van der Waals surface area contributed by atoms with Gasteiger partial charge in [0, 0.05) is 31.9 Å². The quantitative estimate of drug-likeness (QED) is 0.837. The van der Waals surface area contributed by atoms with Crippen LogP contribution in [0.5, 0.6) is 0 Å². The van der Waals surface area contributed by atoms with Crippen LogP contribution in [0, 0.1) is 17.2 Å². The van der Waals surface area contributed by atoms with E-state index in [0.29, 0.717) is 22.5 Å². The predicted octanol–water partition coefficient (Wildman–Crippen LogP) is 3.71. The maximum absolute atomic E-state index is 9.03. The Balaban J connectivity index is 1.59. The first-order valence-electron chi connectivity index (χ1n) is 8.38. The Labute approximate surface area is 147 Å². The number of aromatic nitrogens is 1. The number of nitrogens with zero attached hydrogens (tertiary/aromatic N) is 4. The number of hydrogen-bond acceptors (Lipinski definition) is 4. The minimum atomic E-state index is 0.450. The van der Waals surface area contributed by atoms with E-state index in [1.165, 1.54) is 12.8 Å². The van der Waals surface area contributed by atoms with Crippen LogP contribution >= 0.6 is 11.6 Å². The molecule has 0 saturated carbocycles. The third-order valence-electron chi connectivity index (χ3n) is 5.22. The van der Waals surface area contributed by atoms with Gasteiger partial charge in [0.15, 0.2) is 0 Å². The fraction of sp³-hybridized carbons (Fsp3) is 0.368. The summed E-state index contributed by atoms with van der Waals surface area (Å²) in [4.78, 5) is 9.29. The molecule has 2 aromatic rings. The van der Waals surface area contributed by atoms with Crippen molar-refractivity contribution in [3.8, 4) is 6.07 Å². The fourth-order valence-electron chi connectivity index (χ4n) is 4.00. The monoisotopic (exact) mass is 338 g/mol. The molecule has 2 aliphatic rings. The maximum Gasteiger partial charge on any atom is 0.128 e. The van der Waals surface area contributed by atoms with E-state index in [1.807, 2.05) is 30.5 Å². The first kappa shape index (κ1) is 15.3. The summed E-state index contributed by atoms with van der Waals surface area (Å²) < 4.78 is 0. The Bertz CT molecular complexity index is 771. The molecule has 1 aromatic carbocycles. The number of fused-ring (bicyclic) bond motifs is 1. The molecular formula is C19H19ClN4. The van der Waals surface area contributed by atoms with E-state index in [-0.39, 0.29) is 0 Å². The van der Waals surface area contributed by atoms with Crippen molar-refractivity contribution in [3.05, 3.63) is 53.2 Å². The highest BCUT2D eigenvalue weighted by Gasteiger charge is 2.39. The summed E-state index contributed by atoms with van der Waals surface area (Å²) >= 11 is 6.45. The van der Waals surface area contributed by atoms with E-state index in [0.717, 1.165) is 31.1 Å². The van der Waals surface area contributed by atoms with E-state index >= 15 is 0 Å². The number of nitriles is 1. The lowest BCUT2D eigenvalue weighted by Gasteiger charge is -2.40. The van der Waals surface area contributed by atoms with Crippen LogP contribution in [0.1, 0.15) is 18.4 Å². The molecule has 3 heterocycles. The first-order chi connectivity index (χ1) is 11.8. The summed E-state index contributed by atoms with van der Waals surface area (Å²) in [5.74, 6) is 1.75. The minimum absolute atomic E-state index is 0.450. The molecule has 4 nitrogen and oxygen atoms in total. The van der Waals surface area contributed by atoms with E-state index in [1.54, 1.807) is 6.07 Å². The van der Waals surface area contributed by atoms with Gasteiger partial charge in [0.25, 0.3) is 0 Å². The summed E-state index contributed by atoms with van der Waals surface area (Å²) in [7, 11) is 0. The minimum Gasteiger partial charge on any atom is -0.365 e. The van der Waals surface area contributed by atoms with Crippen molar-refractivity contribution >= 4 is 23.1 Å². The van der Waals surface area contributed by atoms with Crippen LogP contribution in [-0.2, 0) is 0 Å². The number of rotatable bonds is 2. The average Bonchev–Trinajstić information content (AvgIpc) is 3.05. The summed E-state index contributed by atoms with van der Waals surface area (Å²) in [5.41, 5.74) is 1.66. The van der Waals surface area contributed by atoms with Crippen molar-refractivity contribution in [1.29, 1.82) is 5.26 Å². The summed E-state index contributed by atoms with van der Waals surface area (Å²) in [6, 6.07) is 14.3. The van der Waals surface area contributed by atoms with Gasteiger partial charge in [0.05, 0.1) is 22.3 Å². The molecule has 0 radical (unpaired) electrons. The molecule has 1 aromatic heterocycles. The summed E-state index contributed by atoms with van der Waals surface area (Å²) in [5, 5.41) is 9.70. The smallest absolute Gasteiger partial charge is 0.128 e. The molecule has 2 saturated heterocycles. The van der Waals surface area contributed by atoms with Gasteiger partial charge in [-0.2, -0.15) is 5.26 Å². The molecule has 0 aliphatic carbocycles. The molecule has 0 N–H and O–H groups in total. The van der Waals surface area contributed by atoms with Crippen LogP contribution in [0.2, 0.25) is 5.02 Å². The molecule has 4 rings (SSSR count). The molecule has 122 valence electrons. The third kappa shape index (κ3) is 2.70. The highest BCUT2D eigenvalue weighted by Crippen LogP contribution is 2.39. The largest absolute Gasteiger partial charge is 0.365 e. The van der Waals surface area contributed by atoms with Crippen LogP contribution in [0.15, 0.2) is 42.6 Å². The number of piperidine rings is 1. The zero-order valence-corrected chi connectivity index (χ0v) is 14.2. The number of pyridine rings is 1. The van der Waals surface area contributed by atoms with Crippen LogP contribution in [-0.4, -0.2) is 30.7 Å². The highest BCUT2D eigenvalue weighted by atomic mass is 35.5. The molecule has 0 spiro atoms. The normalized spacial score (nSPS) is 23.0. The third-order valence-corrected chi connectivity index (χ3v) is 5.52. The van der Waals surface area contributed by atoms with Crippen LogP contribution in [0.25, 0.3) is 0 Å². The van der Waals surface area contributed by atoms with Gasteiger partial charge in [0.2, 0.25) is 0 Å². The Hall–Kier alpha value is -2.25. The Morgan fingerprint density at radius 3 is 2.79 bits per heavy atom. The van der Waals surface area contributed by atoms with Crippen LogP contribution in [0.4, 0.5) is 11.5 Å². The number of benzene rings is 1. The molecule has 2 atom stereocenters. The van der Waals surface area contributed by atoms with Crippen LogP contribution < -0.4 is 9.80 Å². The summed E-state index contributed by atoms with van der Waals surface area (Å²) in [6.07, 6.45) is 4.24. The molecule has 2 fully saturated rings. The van der Waals surface area contributed by atoms with Gasteiger partial charge in [-0.1, -0.05) is 17.7 Å². The highest BCUT2D eigenvalue weighted by molar-refractivity contribution is 6.33. The average molecular weight is 339 g/mol. The van der Waals surface area contributed by atoms with Crippen molar-refractivity contribution in [3.63, 3.8) is 0 Å². The van der Waals surface area contributed by atoms with Gasteiger partial charge < -0.3 is 9.80 Å². The van der Waals surface area contributed by atoms with E-state index in [2.05, 4.69) is 26.9 Å². The van der Waals surface area contributed by atoms with Crippen LogP contribution in [0.3, 0.4) is 0 Å². The van der Waals surface area contributed by atoms with E-state index in [4.69, 9.17) is 16.9 Å². The van der Waals surface area contributed by atoms with Gasteiger partial charge in [0.1, 0.15) is 5.82 Å². The standard InChI is InChI=1S/C19H19ClN4/c20-16-11-14(12-21)4-5-17(16)24-10-7-15-6-9-23(13-18(15)24)19-3-1-2-8-22-19/h1-5,8,11,15,18H,6-7,9-10,13H2. The molecular weight excluding hydrogens is 320 g/mol. The second-order valence-corrected chi connectivity index (χ2v) is 6.92. The maximum atomic E-state index is 9.03. The second-order valence-electron chi connectivity index (χ2n) is 6.51. The van der Waals surface area contributed by atoms with Gasteiger partial charge in [-0.25, -0.2) is 4.98 Å². The molecule has 2 aliphatic heterocycles. The van der Waals surface area contributed by atoms with Crippen molar-refractivity contribution in [1.82, 2.24) is 4.98 Å². The second kappa shape index (κ2) is 6.33. The topological polar surface area (TPSA) is 43.2 Å². The van der Waals surface area contributed by atoms with Crippen molar-refractivity contribution in [2.75, 3.05) is 29.4 Å². The Kier molecular flexibility index (Phi) is 4.03. The van der Waals surface area contributed by atoms with Gasteiger partial charge in [-0.05, 0) is 49.1 Å². The Morgan fingerprint density at radius 2 is 2.04 bits per heavy atom. The Morgan fingerprint density at radius 1 is 1.17 bits per heavy atom.